The van der Waals surface area contributed by atoms with Crippen LogP contribution in [0.15, 0.2) is 24.5 Å². The van der Waals surface area contributed by atoms with Crippen molar-refractivity contribution in [2.45, 2.75) is 245 Å². The fourth-order valence-electron chi connectivity index (χ4n) is 6.58. The van der Waals surface area contributed by atoms with Crippen LogP contribution < -0.4 is 0 Å². The van der Waals surface area contributed by atoms with Gasteiger partial charge in [-0.05, 0) is 32.6 Å². The first-order valence-corrected chi connectivity index (χ1v) is 20.6. The number of unbranched alkanes of at least 4 members (excludes halogenated alkanes) is 25. The highest BCUT2D eigenvalue weighted by Gasteiger charge is 2.16. The van der Waals surface area contributed by atoms with Gasteiger partial charge in [0, 0.05) is 19.4 Å². The first-order chi connectivity index (χ1) is 22.0. The highest BCUT2D eigenvalue weighted by atomic mass is 16.5. The molecule has 2 heteroatoms. The van der Waals surface area contributed by atoms with E-state index < -0.39 is 0 Å². The Morgan fingerprint density at radius 2 is 0.756 bits per heavy atom. The average Bonchev–Trinajstić information content (AvgIpc) is 3.01. The second-order valence-electron chi connectivity index (χ2n) is 14.6. The summed E-state index contributed by atoms with van der Waals surface area (Å²) < 4.78 is 13.0. The maximum absolute atomic E-state index is 6.53. The van der Waals surface area contributed by atoms with E-state index in [1.807, 2.05) is 0 Å². The third-order valence-electron chi connectivity index (χ3n) is 9.48. The molecule has 0 bridgehead atoms. The molecule has 268 valence electrons. The topological polar surface area (TPSA) is 18.5 Å². The van der Waals surface area contributed by atoms with Crippen LogP contribution in [-0.4, -0.2) is 18.8 Å². The predicted molar refractivity (Wildman–Crippen MR) is 203 cm³/mol. The molecule has 0 unspecified atom stereocenters. The van der Waals surface area contributed by atoms with Gasteiger partial charge in [0.2, 0.25) is 0 Å². The fraction of sp³-hybridized carbons (Fsp3) is 0.907. The van der Waals surface area contributed by atoms with E-state index in [9.17, 15) is 0 Å². The van der Waals surface area contributed by atoms with Crippen molar-refractivity contribution in [3.8, 4) is 0 Å². The molecule has 0 aliphatic heterocycles. The van der Waals surface area contributed by atoms with E-state index in [-0.39, 0.29) is 12.2 Å². The Bertz CT molecular complexity index is 611. The molecule has 2 atom stereocenters. The summed E-state index contributed by atoms with van der Waals surface area (Å²) in [5, 5.41) is 0. The Morgan fingerprint density at radius 3 is 1.13 bits per heavy atom. The Balaban J connectivity index is 4.50. The van der Waals surface area contributed by atoms with Gasteiger partial charge in [0.25, 0.3) is 0 Å². The van der Waals surface area contributed by atoms with Crippen LogP contribution in [0, 0.1) is 0 Å². The maximum atomic E-state index is 6.53. The molecule has 0 fully saturated rings. The minimum Gasteiger partial charge on any atom is -0.495 e. The summed E-state index contributed by atoms with van der Waals surface area (Å²) >= 11 is 0. The minimum atomic E-state index is 0.217. The molecule has 0 spiro atoms. The van der Waals surface area contributed by atoms with Gasteiger partial charge in [-0.15, -0.1) is 6.58 Å². The predicted octanol–water partition coefficient (Wildman–Crippen LogP) is 15.4. The zero-order valence-corrected chi connectivity index (χ0v) is 31.7. The van der Waals surface area contributed by atoms with Gasteiger partial charge in [-0.3, -0.25) is 0 Å². The highest BCUT2D eigenvalue weighted by molar-refractivity contribution is 4.94. The number of hydrogen-bond acceptors (Lipinski definition) is 2. The van der Waals surface area contributed by atoms with Crippen LogP contribution in [-0.2, 0) is 9.47 Å². The van der Waals surface area contributed by atoms with Crippen LogP contribution in [0.2, 0.25) is 0 Å². The molecule has 0 saturated carbocycles. The molecule has 0 N–H and O–H groups in total. The molecule has 45 heavy (non-hydrogen) atoms. The van der Waals surface area contributed by atoms with Gasteiger partial charge in [-0.1, -0.05) is 200 Å². The molecular weight excluding hydrogens is 548 g/mol. The Hall–Kier alpha value is -0.760. The standard InChI is InChI=1S/C43H84O2/c1-7-10-13-16-19-22-25-28-31-34-37-44-42(35-32-29-26-23-20-17-14-11-8-2)39-41(6)45-43(38-40(4)5)36-33-30-27-24-21-18-15-12-9-3/h42-43H,4,6-39H2,1-3,5H3/t42-,43+/m0/s1. The summed E-state index contributed by atoms with van der Waals surface area (Å²) in [7, 11) is 0. The molecule has 0 aromatic carbocycles. The molecular formula is C43H84O2. The monoisotopic (exact) mass is 633 g/mol. The molecule has 0 aliphatic rings. The molecule has 0 saturated heterocycles. The molecule has 0 radical (unpaired) electrons. The van der Waals surface area contributed by atoms with Crippen LogP contribution >= 0.6 is 0 Å². The van der Waals surface area contributed by atoms with Crippen molar-refractivity contribution in [2.24, 2.45) is 0 Å². The SMILES string of the molecule is C=C(C)C[C@@H](CCCCCCCCCCC)OC(=C)C[C@H](CCCCCCCCCCC)OCCCCCCCCCCCC. The highest BCUT2D eigenvalue weighted by Crippen LogP contribution is 2.23. The molecule has 0 aromatic heterocycles. The van der Waals surface area contributed by atoms with Gasteiger partial charge in [0.1, 0.15) is 6.10 Å². The lowest BCUT2D eigenvalue weighted by Crippen LogP contribution is -2.19. The van der Waals surface area contributed by atoms with Gasteiger partial charge in [0.15, 0.2) is 0 Å². The van der Waals surface area contributed by atoms with E-state index in [0.717, 1.165) is 38.0 Å². The zero-order chi connectivity index (χ0) is 33.1. The Morgan fingerprint density at radius 1 is 0.422 bits per heavy atom. The van der Waals surface area contributed by atoms with Crippen LogP contribution in [0.1, 0.15) is 233 Å². The lowest BCUT2D eigenvalue weighted by molar-refractivity contribution is 0.0212. The van der Waals surface area contributed by atoms with Crippen LogP contribution in [0.3, 0.4) is 0 Å². The smallest absolute Gasteiger partial charge is 0.102 e. The lowest BCUT2D eigenvalue weighted by Gasteiger charge is -2.24. The third kappa shape index (κ3) is 34.4. The minimum absolute atomic E-state index is 0.217. The second-order valence-corrected chi connectivity index (χ2v) is 14.6. The quantitative estimate of drug-likeness (QED) is 0.0383. The van der Waals surface area contributed by atoms with E-state index in [4.69, 9.17) is 9.47 Å². The number of ether oxygens (including phenoxy) is 2. The van der Waals surface area contributed by atoms with Gasteiger partial charge in [0.05, 0.1) is 11.9 Å². The zero-order valence-electron chi connectivity index (χ0n) is 31.7. The van der Waals surface area contributed by atoms with Crippen molar-refractivity contribution in [2.75, 3.05) is 6.61 Å². The van der Waals surface area contributed by atoms with Crippen molar-refractivity contribution in [1.82, 2.24) is 0 Å². The second kappa shape index (κ2) is 36.1. The molecule has 2 nitrogen and oxygen atoms in total. The van der Waals surface area contributed by atoms with Crippen LogP contribution in [0.4, 0.5) is 0 Å². The van der Waals surface area contributed by atoms with Crippen LogP contribution in [0.5, 0.6) is 0 Å². The number of rotatable bonds is 38. The lowest BCUT2D eigenvalue weighted by atomic mass is 10.0. The van der Waals surface area contributed by atoms with Crippen molar-refractivity contribution in [1.29, 1.82) is 0 Å². The first-order valence-electron chi connectivity index (χ1n) is 20.6. The van der Waals surface area contributed by atoms with E-state index in [1.54, 1.807) is 0 Å². The summed E-state index contributed by atoms with van der Waals surface area (Å²) in [5.41, 5.74) is 1.21. The summed E-state index contributed by atoms with van der Waals surface area (Å²) in [4.78, 5) is 0. The van der Waals surface area contributed by atoms with E-state index >= 15 is 0 Å². The summed E-state index contributed by atoms with van der Waals surface area (Å²) in [6.45, 7) is 18.5. The van der Waals surface area contributed by atoms with Gasteiger partial charge < -0.3 is 9.47 Å². The normalized spacial score (nSPS) is 12.8. The summed E-state index contributed by atoms with van der Waals surface area (Å²) in [5.74, 6) is 0.932. The van der Waals surface area contributed by atoms with E-state index in [0.29, 0.717) is 0 Å². The molecule has 0 amide bonds. The van der Waals surface area contributed by atoms with Crippen LogP contribution in [0.25, 0.3) is 0 Å². The van der Waals surface area contributed by atoms with Crippen molar-refractivity contribution in [3.63, 3.8) is 0 Å². The van der Waals surface area contributed by atoms with Crippen molar-refractivity contribution in [3.05, 3.63) is 24.5 Å². The Labute approximate surface area is 285 Å². The fourth-order valence-corrected chi connectivity index (χ4v) is 6.58. The molecule has 0 aliphatic carbocycles. The number of hydrogen-bond donors (Lipinski definition) is 0. The van der Waals surface area contributed by atoms with Gasteiger partial charge in [-0.25, -0.2) is 0 Å². The van der Waals surface area contributed by atoms with E-state index in [1.165, 1.54) is 185 Å². The van der Waals surface area contributed by atoms with Crippen molar-refractivity contribution >= 4 is 0 Å². The van der Waals surface area contributed by atoms with E-state index in [2.05, 4.69) is 40.9 Å². The maximum Gasteiger partial charge on any atom is 0.102 e. The molecule has 0 aromatic rings. The first kappa shape index (κ1) is 44.2. The largest absolute Gasteiger partial charge is 0.495 e. The summed E-state index contributed by atoms with van der Waals surface area (Å²) in [6.07, 6.45) is 42.8. The third-order valence-corrected chi connectivity index (χ3v) is 9.48. The van der Waals surface area contributed by atoms with Gasteiger partial charge in [-0.2, -0.15) is 0 Å². The Kier molecular flexibility index (Phi) is 35.5. The van der Waals surface area contributed by atoms with Gasteiger partial charge >= 0.3 is 0 Å². The molecule has 0 heterocycles. The van der Waals surface area contributed by atoms with Crippen molar-refractivity contribution < 1.29 is 9.47 Å². The molecule has 0 rings (SSSR count). The summed E-state index contributed by atoms with van der Waals surface area (Å²) in [6, 6.07) is 0. The average molecular weight is 633 g/mol.